The van der Waals surface area contributed by atoms with Crippen LogP contribution in [0.5, 0.6) is 5.75 Å². The van der Waals surface area contributed by atoms with Crippen molar-refractivity contribution >= 4 is 17.7 Å². The molecule has 0 bridgehead atoms. The minimum absolute atomic E-state index is 0.261. The molecule has 0 saturated carbocycles. The predicted molar refractivity (Wildman–Crippen MR) is 83.5 cm³/mol. The van der Waals surface area contributed by atoms with Crippen molar-refractivity contribution in [1.82, 2.24) is 0 Å². The number of rotatable bonds is 4. The van der Waals surface area contributed by atoms with Gasteiger partial charge in [0.15, 0.2) is 0 Å². The summed E-state index contributed by atoms with van der Waals surface area (Å²) in [5.41, 5.74) is 2.55. The molecule has 1 aliphatic rings. The smallest absolute Gasteiger partial charge is 0.335 e. The average Bonchev–Trinajstić information content (AvgIpc) is 2.89. The third-order valence-corrected chi connectivity index (χ3v) is 4.93. The van der Waals surface area contributed by atoms with Gasteiger partial charge in [-0.2, -0.15) is 0 Å². The number of benzene rings is 2. The summed E-state index contributed by atoms with van der Waals surface area (Å²) in [4.78, 5) is 12.4. The number of carboxylic acid groups (broad SMARTS) is 1. The van der Waals surface area contributed by atoms with E-state index in [2.05, 4.69) is 18.2 Å². The summed E-state index contributed by atoms with van der Waals surface area (Å²) in [5, 5.41) is 9.05. The van der Waals surface area contributed by atoms with Crippen LogP contribution in [-0.4, -0.2) is 23.4 Å². The fourth-order valence-corrected chi connectivity index (χ4v) is 3.68. The van der Waals surface area contributed by atoms with Crippen LogP contribution < -0.4 is 4.74 Å². The number of carbonyl (C=O) groups is 1. The molecular formula is C17H16O3S. The Kier molecular flexibility index (Phi) is 3.88. The molecule has 0 spiro atoms. The molecule has 1 unspecified atom stereocenters. The highest BCUT2D eigenvalue weighted by atomic mass is 32.2. The normalized spacial score (nSPS) is 16.5. The van der Waals surface area contributed by atoms with Crippen molar-refractivity contribution in [2.45, 2.75) is 17.7 Å². The summed E-state index contributed by atoms with van der Waals surface area (Å²) in [5.74, 6) is 1.10. The van der Waals surface area contributed by atoms with Gasteiger partial charge in [0.25, 0.3) is 0 Å². The molecule has 21 heavy (non-hydrogen) atoms. The standard InChI is InChI=1S/C17H16O3S/c1-11-6-7-12(17(18)19)8-15(11)20-9-13-10-21-16-5-3-2-4-14(13)16/h2-8,13H,9-10H2,1H3,(H,18,19). The molecule has 1 aliphatic heterocycles. The lowest BCUT2D eigenvalue weighted by Gasteiger charge is -2.14. The monoisotopic (exact) mass is 300 g/mol. The third-order valence-electron chi connectivity index (χ3n) is 3.67. The van der Waals surface area contributed by atoms with Crippen LogP contribution in [0.3, 0.4) is 0 Å². The molecule has 0 radical (unpaired) electrons. The van der Waals surface area contributed by atoms with Gasteiger partial charge < -0.3 is 9.84 Å². The number of hydrogen-bond donors (Lipinski definition) is 1. The lowest BCUT2D eigenvalue weighted by atomic mass is 10.0. The van der Waals surface area contributed by atoms with E-state index in [1.54, 1.807) is 18.2 Å². The molecule has 0 aromatic heterocycles. The van der Waals surface area contributed by atoms with E-state index in [4.69, 9.17) is 9.84 Å². The van der Waals surface area contributed by atoms with Gasteiger partial charge in [0, 0.05) is 16.6 Å². The zero-order chi connectivity index (χ0) is 14.8. The van der Waals surface area contributed by atoms with Gasteiger partial charge in [0.1, 0.15) is 5.75 Å². The van der Waals surface area contributed by atoms with Crippen molar-refractivity contribution in [3.63, 3.8) is 0 Å². The zero-order valence-electron chi connectivity index (χ0n) is 11.7. The number of aromatic carboxylic acids is 1. The van der Waals surface area contributed by atoms with Gasteiger partial charge in [-0.05, 0) is 36.2 Å². The molecule has 1 N–H and O–H groups in total. The molecule has 2 aromatic carbocycles. The van der Waals surface area contributed by atoms with Crippen LogP contribution in [0.1, 0.15) is 27.4 Å². The molecular weight excluding hydrogens is 284 g/mol. The highest BCUT2D eigenvalue weighted by Gasteiger charge is 2.23. The van der Waals surface area contributed by atoms with Gasteiger partial charge in [-0.15, -0.1) is 11.8 Å². The molecule has 108 valence electrons. The molecule has 2 aromatic rings. The van der Waals surface area contributed by atoms with E-state index >= 15 is 0 Å². The van der Waals surface area contributed by atoms with Crippen molar-refractivity contribution in [1.29, 1.82) is 0 Å². The summed E-state index contributed by atoms with van der Waals surface area (Å²) < 4.78 is 5.89. The summed E-state index contributed by atoms with van der Waals surface area (Å²) in [7, 11) is 0. The molecule has 0 amide bonds. The summed E-state index contributed by atoms with van der Waals surface area (Å²) in [6, 6.07) is 13.4. The van der Waals surface area contributed by atoms with Crippen LogP contribution >= 0.6 is 11.8 Å². The summed E-state index contributed by atoms with van der Waals surface area (Å²) in [6.07, 6.45) is 0. The predicted octanol–water partition coefficient (Wildman–Crippen LogP) is 3.96. The molecule has 0 saturated heterocycles. The highest BCUT2D eigenvalue weighted by molar-refractivity contribution is 7.99. The topological polar surface area (TPSA) is 46.5 Å². The quantitative estimate of drug-likeness (QED) is 0.928. The molecule has 4 heteroatoms. The Bertz CT molecular complexity index is 681. The molecule has 1 atom stereocenters. The number of fused-ring (bicyclic) bond motifs is 1. The van der Waals surface area contributed by atoms with E-state index in [1.165, 1.54) is 10.5 Å². The molecule has 3 rings (SSSR count). The number of ether oxygens (including phenoxy) is 1. The van der Waals surface area contributed by atoms with Crippen molar-refractivity contribution < 1.29 is 14.6 Å². The number of carboxylic acids is 1. The SMILES string of the molecule is Cc1ccc(C(=O)O)cc1OCC1CSc2ccccc21. The van der Waals surface area contributed by atoms with Gasteiger partial charge in [0.05, 0.1) is 12.2 Å². The number of thioether (sulfide) groups is 1. The van der Waals surface area contributed by atoms with Gasteiger partial charge >= 0.3 is 5.97 Å². The fraction of sp³-hybridized carbons (Fsp3) is 0.235. The van der Waals surface area contributed by atoms with E-state index in [0.29, 0.717) is 18.3 Å². The average molecular weight is 300 g/mol. The minimum atomic E-state index is -0.929. The molecule has 0 fully saturated rings. The Balaban J connectivity index is 1.74. The highest BCUT2D eigenvalue weighted by Crippen LogP contribution is 2.39. The van der Waals surface area contributed by atoms with Crippen LogP contribution in [0.25, 0.3) is 0 Å². The fourth-order valence-electron chi connectivity index (χ4n) is 2.45. The Labute approximate surface area is 127 Å². The summed E-state index contributed by atoms with van der Waals surface area (Å²) >= 11 is 1.85. The first kappa shape index (κ1) is 14.0. The molecule has 0 aliphatic carbocycles. The Morgan fingerprint density at radius 3 is 2.95 bits per heavy atom. The maximum Gasteiger partial charge on any atom is 0.335 e. The van der Waals surface area contributed by atoms with Crippen LogP contribution in [0.2, 0.25) is 0 Å². The Morgan fingerprint density at radius 2 is 2.14 bits per heavy atom. The Morgan fingerprint density at radius 1 is 1.33 bits per heavy atom. The number of aryl methyl sites for hydroxylation is 1. The van der Waals surface area contributed by atoms with Crippen molar-refractivity contribution in [3.05, 3.63) is 59.2 Å². The lowest BCUT2D eigenvalue weighted by Crippen LogP contribution is -2.11. The zero-order valence-corrected chi connectivity index (χ0v) is 12.5. The van der Waals surface area contributed by atoms with Gasteiger partial charge in [-0.25, -0.2) is 4.79 Å². The Hall–Kier alpha value is -1.94. The van der Waals surface area contributed by atoms with E-state index < -0.39 is 5.97 Å². The van der Waals surface area contributed by atoms with Crippen LogP contribution in [-0.2, 0) is 0 Å². The first-order valence-electron chi connectivity index (χ1n) is 6.83. The van der Waals surface area contributed by atoms with Gasteiger partial charge in [-0.1, -0.05) is 24.3 Å². The van der Waals surface area contributed by atoms with Crippen LogP contribution in [0.15, 0.2) is 47.4 Å². The first-order valence-corrected chi connectivity index (χ1v) is 7.82. The van der Waals surface area contributed by atoms with E-state index in [0.717, 1.165) is 11.3 Å². The molecule has 1 heterocycles. The van der Waals surface area contributed by atoms with Gasteiger partial charge in [0.2, 0.25) is 0 Å². The van der Waals surface area contributed by atoms with Crippen LogP contribution in [0, 0.1) is 6.92 Å². The van der Waals surface area contributed by atoms with E-state index in [-0.39, 0.29) is 5.56 Å². The van der Waals surface area contributed by atoms with Crippen molar-refractivity contribution in [3.8, 4) is 5.75 Å². The molecule has 3 nitrogen and oxygen atoms in total. The maximum atomic E-state index is 11.0. The maximum absolute atomic E-state index is 11.0. The van der Waals surface area contributed by atoms with E-state index in [1.807, 2.05) is 24.8 Å². The third kappa shape index (κ3) is 2.90. The van der Waals surface area contributed by atoms with Crippen molar-refractivity contribution in [2.24, 2.45) is 0 Å². The van der Waals surface area contributed by atoms with Crippen LogP contribution in [0.4, 0.5) is 0 Å². The largest absolute Gasteiger partial charge is 0.493 e. The van der Waals surface area contributed by atoms with Gasteiger partial charge in [-0.3, -0.25) is 0 Å². The first-order chi connectivity index (χ1) is 10.1. The van der Waals surface area contributed by atoms with E-state index in [9.17, 15) is 4.79 Å². The minimum Gasteiger partial charge on any atom is -0.493 e. The second-order valence-corrected chi connectivity index (χ2v) is 6.20. The van der Waals surface area contributed by atoms with Crippen molar-refractivity contribution in [2.75, 3.05) is 12.4 Å². The number of hydrogen-bond acceptors (Lipinski definition) is 3. The lowest BCUT2D eigenvalue weighted by molar-refractivity contribution is 0.0696. The second kappa shape index (κ2) is 5.82. The summed E-state index contributed by atoms with van der Waals surface area (Å²) in [6.45, 7) is 2.51. The second-order valence-electron chi connectivity index (χ2n) is 5.14.